The summed E-state index contributed by atoms with van der Waals surface area (Å²) in [6.45, 7) is 2.96. The van der Waals surface area contributed by atoms with Crippen LogP contribution in [0.3, 0.4) is 0 Å². The maximum absolute atomic E-state index is 5.55. The highest BCUT2D eigenvalue weighted by Gasteiger charge is 2.05. The summed E-state index contributed by atoms with van der Waals surface area (Å²) in [7, 11) is 0. The van der Waals surface area contributed by atoms with Crippen LogP contribution in [0.1, 0.15) is 18.1 Å². The number of benzene rings is 2. The van der Waals surface area contributed by atoms with Gasteiger partial charge < -0.3 is 9.73 Å². The van der Waals surface area contributed by atoms with E-state index in [1.807, 2.05) is 24.5 Å². The van der Waals surface area contributed by atoms with Crippen molar-refractivity contribution in [3.63, 3.8) is 0 Å². The summed E-state index contributed by atoms with van der Waals surface area (Å²) < 4.78 is 5.55. The van der Waals surface area contributed by atoms with Gasteiger partial charge in [-0.1, -0.05) is 43.3 Å². The van der Waals surface area contributed by atoms with Gasteiger partial charge in [0.2, 0.25) is 0 Å². The van der Waals surface area contributed by atoms with Gasteiger partial charge in [-0.2, -0.15) is 0 Å². The van der Waals surface area contributed by atoms with Crippen molar-refractivity contribution in [2.24, 2.45) is 0 Å². The first-order chi connectivity index (χ1) is 9.38. The first-order valence-electron chi connectivity index (χ1n) is 6.65. The summed E-state index contributed by atoms with van der Waals surface area (Å²) in [4.78, 5) is 0. The first-order valence-corrected chi connectivity index (χ1v) is 6.65. The lowest BCUT2D eigenvalue weighted by Crippen LogP contribution is -2.01. The fourth-order valence-corrected chi connectivity index (χ4v) is 2.36. The van der Waals surface area contributed by atoms with E-state index in [1.54, 1.807) is 0 Å². The predicted octanol–water partition coefficient (Wildman–Crippen LogP) is 4.61. The molecule has 19 heavy (non-hydrogen) atoms. The van der Waals surface area contributed by atoms with E-state index in [4.69, 9.17) is 4.42 Å². The number of rotatable bonds is 4. The molecule has 0 aliphatic carbocycles. The Bertz CT molecular complexity index is 684. The molecule has 0 radical (unpaired) electrons. The zero-order chi connectivity index (χ0) is 13.1. The molecule has 0 aliphatic rings. The predicted molar refractivity (Wildman–Crippen MR) is 79.4 cm³/mol. The van der Waals surface area contributed by atoms with Crippen LogP contribution in [0.25, 0.3) is 11.0 Å². The zero-order valence-electron chi connectivity index (χ0n) is 11.0. The number of hydrogen-bond donors (Lipinski definition) is 1. The molecule has 0 atom stereocenters. The van der Waals surface area contributed by atoms with E-state index >= 15 is 0 Å². The van der Waals surface area contributed by atoms with Gasteiger partial charge >= 0.3 is 0 Å². The molecule has 96 valence electrons. The number of hydrogen-bond acceptors (Lipinski definition) is 2. The topological polar surface area (TPSA) is 25.2 Å². The maximum atomic E-state index is 5.55. The van der Waals surface area contributed by atoms with E-state index in [1.165, 1.54) is 22.2 Å². The minimum atomic E-state index is 0.786. The molecule has 0 saturated heterocycles. The van der Waals surface area contributed by atoms with E-state index in [9.17, 15) is 0 Å². The highest BCUT2D eigenvalue weighted by atomic mass is 16.3. The second-order valence-corrected chi connectivity index (χ2v) is 4.62. The van der Waals surface area contributed by atoms with Crippen LogP contribution in [0, 0.1) is 0 Å². The Labute approximate surface area is 113 Å². The van der Waals surface area contributed by atoms with E-state index < -0.39 is 0 Å². The van der Waals surface area contributed by atoms with Crippen LogP contribution in [-0.2, 0) is 13.0 Å². The van der Waals surface area contributed by atoms with Crippen LogP contribution in [0.5, 0.6) is 0 Å². The van der Waals surface area contributed by atoms with Crippen LogP contribution in [0.2, 0.25) is 0 Å². The van der Waals surface area contributed by atoms with Crippen molar-refractivity contribution in [1.29, 1.82) is 0 Å². The quantitative estimate of drug-likeness (QED) is 0.732. The van der Waals surface area contributed by atoms with Gasteiger partial charge in [0, 0.05) is 23.2 Å². The molecule has 0 fully saturated rings. The standard InChI is InChI=1S/C17H17NO/c1-2-13-7-3-5-9-16(13)18-11-14-12-19-17-10-6-4-8-15(14)17/h3-10,12,18H,2,11H2,1H3. The van der Waals surface area contributed by atoms with Crippen molar-refractivity contribution in [1.82, 2.24) is 0 Å². The average Bonchev–Trinajstić information content (AvgIpc) is 2.89. The molecular formula is C17H17NO. The van der Waals surface area contributed by atoms with Crippen molar-refractivity contribution in [3.8, 4) is 0 Å². The SMILES string of the molecule is CCc1ccccc1NCc1coc2ccccc12. The molecule has 1 heterocycles. The molecule has 0 saturated carbocycles. The smallest absolute Gasteiger partial charge is 0.134 e. The van der Waals surface area contributed by atoms with Crippen LogP contribution < -0.4 is 5.32 Å². The van der Waals surface area contributed by atoms with Crippen molar-refractivity contribution >= 4 is 16.7 Å². The maximum Gasteiger partial charge on any atom is 0.134 e. The third-order valence-corrected chi connectivity index (χ3v) is 3.43. The molecule has 2 aromatic carbocycles. The van der Waals surface area contributed by atoms with Gasteiger partial charge in [-0.15, -0.1) is 0 Å². The lowest BCUT2D eigenvalue weighted by Gasteiger charge is -2.09. The van der Waals surface area contributed by atoms with Gasteiger partial charge in [-0.05, 0) is 24.1 Å². The Balaban J connectivity index is 1.82. The summed E-state index contributed by atoms with van der Waals surface area (Å²) in [6, 6.07) is 16.6. The molecule has 0 spiro atoms. The Morgan fingerprint density at radius 2 is 1.74 bits per heavy atom. The fraction of sp³-hybridized carbons (Fsp3) is 0.176. The molecule has 3 aromatic rings. The van der Waals surface area contributed by atoms with Crippen LogP contribution in [0.15, 0.2) is 59.2 Å². The molecule has 2 nitrogen and oxygen atoms in total. The molecule has 1 N–H and O–H groups in total. The van der Waals surface area contributed by atoms with E-state index in [0.717, 1.165) is 18.5 Å². The van der Waals surface area contributed by atoms with Crippen LogP contribution in [0.4, 0.5) is 5.69 Å². The largest absolute Gasteiger partial charge is 0.464 e. The van der Waals surface area contributed by atoms with Crippen molar-refractivity contribution < 1.29 is 4.42 Å². The lowest BCUT2D eigenvalue weighted by molar-refractivity contribution is 0.611. The molecule has 1 aromatic heterocycles. The highest BCUT2D eigenvalue weighted by molar-refractivity contribution is 5.81. The molecule has 0 aliphatic heterocycles. The molecule has 0 bridgehead atoms. The van der Waals surface area contributed by atoms with Gasteiger partial charge in [0.1, 0.15) is 5.58 Å². The molecule has 3 rings (SSSR count). The van der Waals surface area contributed by atoms with Gasteiger partial charge in [0.25, 0.3) is 0 Å². The number of para-hydroxylation sites is 2. The molecular weight excluding hydrogens is 234 g/mol. The Hall–Kier alpha value is -2.22. The number of aryl methyl sites for hydroxylation is 1. The first kappa shape index (κ1) is 11.8. The normalized spacial score (nSPS) is 10.8. The zero-order valence-corrected chi connectivity index (χ0v) is 11.0. The Kier molecular flexibility index (Phi) is 3.23. The highest BCUT2D eigenvalue weighted by Crippen LogP contribution is 2.22. The summed E-state index contributed by atoms with van der Waals surface area (Å²) in [5.74, 6) is 0. The van der Waals surface area contributed by atoms with Crippen molar-refractivity contribution in [2.75, 3.05) is 5.32 Å². The summed E-state index contributed by atoms with van der Waals surface area (Å²) in [5, 5.41) is 4.68. The van der Waals surface area contributed by atoms with Crippen LogP contribution >= 0.6 is 0 Å². The molecule has 0 amide bonds. The third kappa shape index (κ3) is 2.34. The minimum absolute atomic E-state index is 0.786. The van der Waals surface area contributed by atoms with Crippen LogP contribution in [-0.4, -0.2) is 0 Å². The summed E-state index contributed by atoms with van der Waals surface area (Å²) in [6.07, 6.45) is 2.88. The Morgan fingerprint density at radius 3 is 2.63 bits per heavy atom. The summed E-state index contributed by atoms with van der Waals surface area (Å²) >= 11 is 0. The Morgan fingerprint density at radius 1 is 0.947 bits per heavy atom. The van der Waals surface area contributed by atoms with Gasteiger partial charge in [-0.3, -0.25) is 0 Å². The van der Waals surface area contributed by atoms with Gasteiger partial charge in [-0.25, -0.2) is 0 Å². The monoisotopic (exact) mass is 251 g/mol. The summed E-state index contributed by atoms with van der Waals surface area (Å²) in [5.41, 5.74) is 4.69. The van der Waals surface area contributed by atoms with E-state index in [2.05, 4.69) is 42.6 Å². The second kappa shape index (κ2) is 5.19. The van der Waals surface area contributed by atoms with E-state index in [0.29, 0.717) is 0 Å². The lowest BCUT2D eigenvalue weighted by atomic mass is 10.1. The van der Waals surface area contributed by atoms with Gasteiger partial charge in [0.15, 0.2) is 0 Å². The van der Waals surface area contributed by atoms with Crippen molar-refractivity contribution in [3.05, 3.63) is 65.9 Å². The number of nitrogens with one attached hydrogen (secondary N) is 1. The van der Waals surface area contributed by atoms with Gasteiger partial charge in [0.05, 0.1) is 6.26 Å². The van der Waals surface area contributed by atoms with E-state index in [-0.39, 0.29) is 0 Å². The second-order valence-electron chi connectivity index (χ2n) is 4.62. The average molecular weight is 251 g/mol. The molecule has 0 unspecified atom stereocenters. The number of fused-ring (bicyclic) bond motifs is 1. The number of anilines is 1. The third-order valence-electron chi connectivity index (χ3n) is 3.43. The molecule has 2 heteroatoms. The fourth-order valence-electron chi connectivity index (χ4n) is 2.36. The van der Waals surface area contributed by atoms with Crippen molar-refractivity contribution in [2.45, 2.75) is 19.9 Å². The minimum Gasteiger partial charge on any atom is -0.464 e. The number of furan rings is 1.